The van der Waals surface area contributed by atoms with Crippen molar-refractivity contribution < 1.29 is 9.53 Å². The zero-order valence-electron chi connectivity index (χ0n) is 17.1. The van der Waals surface area contributed by atoms with Gasteiger partial charge in [0.1, 0.15) is 11.8 Å². The number of benzene rings is 3. The van der Waals surface area contributed by atoms with Crippen molar-refractivity contribution in [3.05, 3.63) is 108 Å². The number of Topliss-reactive ketones (excluding diaryl/α,β-unsaturated/α-hetero) is 1. The fourth-order valence-electron chi connectivity index (χ4n) is 3.66. The molecule has 0 aliphatic carbocycles. The minimum Gasteiger partial charge on any atom is -0.497 e. The molecule has 0 radical (unpaired) electrons. The minimum atomic E-state index is -0.525. The second-order valence-electron chi connectivity index (χ2n) is 7.14. The van der Waals surface area contributed by atoms with E-state index in [-0.39, 0.29) is 5.78 Å². The van der Waals surface area contributed by atoms with Gasteiger partial charge in [0.05, 0.1) is 12.8 Å². The van der Waals surface area contributed by atoms with Crippen molar-refractivity contribution in [3.63, 3.8) is 0 Å². The van der Waals surface area contributed by atoms with Crippen molar-refractivity contribution in [2.24, 2.45) is 7.05 Å². The highest BCUT2D eigenvalue weighted by molar-refractivity contribution is 6.06. The highest BCUT2D eigenvalue weighted by Gasteiger charge is 2.26. The number of carbonyl (C=O) groups is 1. The third-order valence-corrected chi connectivity index (χ3v) is 5.16. The number of ketones is 1. The van der Waals surface area contributed by atoms with E-state index in [9.17, 15) is 4.79 Å². The molecule has 0 aliphatic rings. The van der Waals surface area contributed by atoms with E-state index in [1.54, 1.807) is 7.11 Å². The van der Waals surface area contributed by atoms with E-state index in [0.717, 1.165) is 28.3 Å². The number of ether oxygens (including phenoxy) is 1. The average molecular weight is 396 g/mol. The van der Waals surface area contributed by atoms with Crippen LogP contribution in [-0.2, 0) is 7.05 Å². The molecule has 0 saturated carbocycles. The van der Waals surface area contributed by atoms with Gasteiger partial charge in [-0.15, -0.1) is 0 Å². The number of aryl methyl sites for hydroxylation is 1. The van der Waals surface area contributed by atoms with Gasteiger partial charge in [-0.1, -0.05) is 66.7 Å². The monoisotopic (exact) mass is 396 g/mol. The molecule has 4 heteroatoms. The lowest BCUT2D eigenvalue weighted by Gasteiger charge is -2.20. The molecule has 1 unspecified atom stereocenters. The van der Waals surface area contributed by atoms with Gasteiger partial charge in [0.2, 0.25) is 0 Å². The summed E-state index contributed by atoms with van der Waals surface area (Å²) < 4.78 is 7.34. The first-order valence-electron chi connectivity index (χ1n) is 9.88. The van der Waals surface area contributed by atoms with Crippen molar-refractivity contribution in [1.29, 1.82) is 0 Å². The number of nitrogens with one attached hydrogen (secondary N) is 1. The Balaban J connectivity index is 1.76. The van der Waals surface area contributed by atoms with Crippen LogP contribution in [0.5, 0.6) is 5.75 Å². The van der Waals surface area contributed by atoms with E-state index in [2.05, 4.69) is 5.32 Å². The van der Waals surface area contributed by atoms with Crippen molar-refractivity contribution in [1.82, 2.24) is 4.57 Å². The minimum absolute atomic E-state index is 0.0171. The summed E-state index contributed by atoms with van der Waals surface area (Å²) in [5.41, 5.74) is 4.35. The van der Waals surface area contributed by atoms with Gasteiger partial charge in [0, 0.05) is 30.6 Å². The van der Waals surface area contributed by atoms with Crippen LogP contribution in [0.3, 0.4) is 0 Å². The summed E-state index contributed by atoms with van der Waals surface area (Å²) in [6.07, 6.45) is 1.93. The zero-order chi connectivity index (χ0) is 20.9. The molecule has 1 N–H and O–H groups in total. The van der Waals surface area contributed by atoms with Crippen LogP contribution in [0.25, 0.3) is 11.3 Å². The molecule has 1 atom stereocenters. The number of carbonyl (C=O) groups excluding carboxylic acids is 1. The molecule has 150 valence electrons. The highest BCUT2D eigenvalue weighted by atomic mass is 16.5. The van der Waals surface area contributed by atoms with Crippen LogP contribution in [0.15, 0.2) is 97.2 Å². The normalized spacial score (nSPS) is 11.7. The summed E-state index contributed by atoms with van der Waals surface area (Å²) in [6, 6.07) is 28.8. The maximum Gasteiger partial charge on any atom is 0.191 e. The SMILES string of the molecule is COc1cccc(NC(C(=O)c2ccn(C)c2-c2ccccc2)c2ccccc2)c1. The molecule has 0 fully saturated rings. The van der Waals surface area contributed by atoms with E-state index in [1.165, 1.54) is 0 Å². The number of nitrogens with zero attached hydrogens (tertiary/aromatic N) is 1. The number of rotatable bonds is 7. The van der Waals surface area contributed by atoms with Gasteiger partial charge in [-0.25, -0.2) is 0 Å². The Morgan fingerprint density at radius 3 is 2.30 bits per heavy atom. The summed E-state index contributed by atoms with van der Waals surface area (Å²) in [5.74, 6) is 0.757. The third kappa shape index (κ3) is 3.98. The molecule has 0 bridgehead atoms. The highest BCUT2D eigenvalue weighted by Crippen LogP contribution is 2.31. The predicted octanol–water partition coefficient (Wildman–Crippen LogP) is 5.74. The molecule has 0 saturated heterocycles. The van der Waals surface area contributed by atoms with Crippen LogP contribution in [0, 0.1) is 0 Å². The molecular weight excluding hydrogens is 372 g/mol. The largest absolute Gasteiger partial charge is 0.497 e. The van der Waals surface area contributed by atoms with E-state index in [4.69, 9.17) is 4.74 Å². The molecule has 1 heterocycles. The zero-order valence-corrected chi connectivity index (χ0v) is 17.1. The lowest BCUT2D eigenvalue weighted by atomic mass is 9.95. The smallest absolute Gasteiger partial charge is 0.191 e. The van der Waals surface area contributed by atoms with E-state index in [0.29, 0.717) is 5.56 Å². The molecule has 3 aromatic carbocycles. The molecule has 4 rings (SSSR count). The summed E-state index contributed by atoms with van der Waals surface area (Å²) in [4.78, 5) is 13.8. The Kier molecular flexibility index (Phi) is 5.66. The van der Waals surface area contributed by atoms with Crippen molar-refractivity contribution in [3.8, 4) is 17.0 Å². The Bertz CT molecular complexity index is 1130. The second kappa shape index (κ2) is 8.70. The van der Waals surface area contributed by atoms with Crippen LogP contribution >= 0.6 is 0 Å². The summed E-state index contributed by atoms with van der Waals surface area (Å²) in [7, 11) is 3.60. The maximum atomic E-state index is 13.8. The van der Waals surface area contributed by atoms with Gasteiger partial charge in [0.15, 0.2) is 5.78 Å². The Morgan fingerprint density at radius 2 is 1.60 bits per heavy atom. The molecule has 4 aromatic rings. The molecule has 1 aromatic heterocycles. The molecule has 4 nitrogen and oxygen atoms in total. The topological polar surface area (TPSA) is 43.3 Å². The summed E-state index contributed by atoms with van der Waals surface area (Å²) in [5, 5.41) is 3.42. The number of aromatic nitrogens is 1. The van der Waals surface area contributed by atoms with Gasteiger partial charge in [-0.2, -0.15) is 0 Å². The average Bonchev–Trinajstić information content (AvgIpc) is 3.19. The van der Waals surface area contributed by atoms with Crippen molar-refractivity contribution >= 4 is 11.5 Å². The van der Waals surface area contributed by atoms with E-state index < -0.39 is 6.04 Å². The molecule has 0 spiro atoms. The van der Waals surface area contributed by atoms with Gasteiger partial charge in [-0.3, -0.25) is 4.79 Å². The van der Waals surface area contributed by atoms with Gasteiger partial charge in [0.25, 0.3) is 0 Å². The first kappa shape index (κ1) is 19.5. The summed E-state index contributed by atoms with van der Waals surface area (Å²) >= 11 is 0. The quantitative estimate of drug-likeness (QED) is 0.405. The van der Waals surface area contributed by atoms with Crippen LogP contribution in [0.4, 0.5) is 5.69 Å². The van der Waals surface area contributed by atoms with E-state index in [1.807, 2.05) is 109 Å². The molecular formula is C26H24N2O2. The fourth-order valence-corrected chi connectivity index (χ4v) is 3.66. The lowest BCUT2D eigenvalue weighted by Crippen LogP contribution is -2.21. The van der Waals surface area contributed by atoms with Crippen molar-refractivity contribution in [2.45, 2.75) is 6.04 Å². The second-order valence-corrected chi connectivity index (χ2v) is 7.14. The molecule has 30 heavy (non-hydrogen) atoms. The van der Waals surface area contributed by atoms with Crippen molar-refractivity contribution in [2.75, 3.05) is 12.4 Å². The number of hydrogen-bond donors (Lipinski definition) is 1. The van der Waals surface area contributed by atoms with Crippen LogP contribution in [0.1, 0.15) is 22.0 Å². The molecule has 0 amide bonds. The van der Waals surface area contributed by atoms with Crippen LogP contribution < -0.4 is 10.1 Å². The lowest BCUT2D eigenvalue weighted by molar-refractivity contribution is 0.0970. The van der Waals surface area contributed by atoms with Gasteiger partial charge < -0.3 is 14.6 Å². The number of methoxy groups -OCH3 is 1. The fraction of sp³-hybridized carbons (Fsp3) is 0.115. The number of anilines is 1. The Hall–Kier alpha value is -3.79. The van der Waals surface area contributed by atoms with Crippen LogP contribution in [-0.4, -0.2) is 17.5 Å². The predicted molar refractivity (Wildman–Crippen MR) is 121 cm³/mol. The Morgan fingerprint density at radius 1 is 0.900 bits per heavy atom. The molecule has 0 aliphatic heterocycles. The first-order valence-corrected chi connectivity index (χ1v) is 9.88. The van der Waals surface area contributed by atoms with Gasteiger partial charge in [-0.05, 0) is 29.3 Å². The van der Waals surface area contributed by atoms with E-state index >= 15 is 0 Å². The van der Waals surface area contributed by atoms with Crippen LogP contribution in [0.2, 0.25) is 0 Å². The number of hydrogen-bond acceptors (Lipinski definition) is 3. The maximum absolute atomic E-state index is 13.8. The van der Waals surface area contributed by atoms with Gasteiger partial charge >= 0.3 is 0 Å². The first-order chi connectivity index (χ1) is 14.7. The Labute approximate surface area is 176 Å². The third-order valence-electron chi connectivity index (χ3n) is 5.16. The standard InChI is InChI=1S/C26H24N2O2/c1-28-17-16-23(25(28)20-12-7-4-8-13-20)26(29)24(19-10-5-3-6-11-19)27-21-14-9-15-22(18-21)30-2/h3-18,24,27H,1-2H3. The summed E-state index contributed by atoms with van der Waals surface area (Å²) in [6.45, 7) is 0.